The van der Waals surface area contributed by atoms with Crippen LogP contribution in [0.1, 0.15) is 19.0 Å². The number of likely N-dealkylation sites (N-methyl/N-ethyl adjacent to an activating group) is 1. The Balaban J connectivity index is 2.02. The summed E-state index contributed by atoms with van der Waals surface area (Å²) >= 11 is 0. The lowest BCUT2D eigenvalue weighted by Gasteiger charge is -2.19. The predicted molar refractivity (Wildman–Crippen MR) is 82.0 cm³/mol. The third-order valence-electron chi connectivity index (χ3n) is 3.05. The third kappa shape index (κ3) is 4.37. The minimum atomic E-state index is -0.416. The van der Waals surface area contributed by atoms with E-state index in [-0.39, 0.29) is 0 Å². The summed E-state index contributed by atoms with van der Waals surface area (Å²) in [6.07, 6.45) is 4.66. The number of hydrogen-bond acceptors (Lipinski definition) is 5. The van der Waals surface area contributed by atoms with E-state index in [1.807, 2.05) is 25.2 Å². The van der Waals surface area contributed by atoms with Gasteiger partial charge in [-0.3, -0.25) is 4.98 Å². The second-order valence-corrected chi connectivity index (χ2v) is 4.78. The lowest BCUT2D eigenvalue weighted by Crippen LogP contribution is -2.23. The summed E-state index contributed by atoms with van der Waals surface area (Å²) in [6.45, 7) is 3.46. The molecule has 2 heterocycles. The minimum absolute atomic E-state index is 0.305. The molecule has 0 saturated heterocycles. The number of aromatic nitrogens is 3. The average molecular weight is 289 g/mol. The zero-order chi connectivity index (χ0) is 15.1. The number of pyridine rings is 1. The van der Waals surface area contributed by atoms with Gasteiger partial charge >= 0.3 is 0 Å². The van der Waals surface area contributed by atoms with Crippen LogP contribution in [0.25, 0.3) is 0 Å². The summed E-state index contributed by atoms with van der Waals surface area (Å²) in [7, 11) is 1.82. The molecular formula is C15H20FN5. The predicted octanol–water partition coefficient (Wildman–Crippen LogP) is 2.51. The lowest BCUT2D eigenvalue weighted by atomic mass is 10.2. The number of nitrogens with zero attached hydrogens (tertiary/aromatic N) is 4. The molecule has 0 bridgehead atoms. The van der Waals surface area contributed by atoms with Crippen molar-refractivity contribution in [3.8, 4) is 0 Å². The van der Waals surface area contributed by atoms with Crippen molar-refractivity contribution >= 4 is 11.8 Å². The van der Waals surface area contributed by atoms with Gasteiger partial charge in [0.1, 0.15) is 0 Å². The first-order valence-electron chi connectivity index (χ1n) is 7.08. The minimum Gasteiger partial charge on any atom is -0.357 e. The Labute approximate surface area is 124 Å². The summed E-state index contributed by atoms with van der Waals surface area (Å²) in [4.78, 5) is 14.2. The summed E-state index contributed by atoms with van der Waals surface area (Å²) in [5, 5.41) is 3.06. The van der Waals surface area contributed by atoms with Crippen LogP contribution in [0.15, 0.2) is 30.6 Å². The van der Waals surface area contributed by atoms with Crippen molar-refractivity contribution in [1.29, 1.82) is 0 Å². The number of hydrogen-bond donors (Lipinski definition) is 1. The molecule has 6 heteroatoms. The van der Waals surface area contributed by atoms with Crippen molar-refractivity contribution in [2.24, 2.45) is 0 Å². The molecule has 0 spiro atoms. The summed E-state index contributed by atoms with van der Waals surface area (Å²) in [5.74, 6) is 0.345. The number of anilines is 2. The van der Waals surface area contributed by atoms with E-state index in [4.69, 9.17) is 0 Å². The van der Waals surface area contributed by atoms with Gasteiger partial charge in [-0.15, -0.1) is 0 Å². The zero-order valence-electron chi connectivity index (χ0n) is 12.4. The first kappa shape index (κ1) is 15.2. The molecule has 2 rings (SSSR count). The summed E-state index contributed by atoms with van der Waals surface area (Å²) in [5.41, 5.74) is 0.975. The Morgan fingerprint density at radius 1 is 1.29 bits per heavy atom. The molecule has 21 heavy (non-hydrogen) atoms. The molecule has 0 atom stereocenters. The molecule has 0 aromatic carbocycles. The maximum atomic E-state index is 13.9. The molecule has 0 aliphatic heterocycles. The van der Waals surface area contributed by atoms with Crippen LogP contribution in [0.3, 0.4) is 0 Å². The van der Waals surface area contributed by atoms with Crippen molar-refractivity contribution in [2.45, 2.75) is 19.8 Å². The van der Waals surface area contributed by atoms with Crippen LogP contribution in [0.4, 0.5) is 16.2 Å². The van der Waals surface area contributed by atoms with E-state index in [0.717, 1.165) is 25.1 Å². The van der Waals surface area contributed by atoms with Crippen LogP contribution >= 0.6 is 0 Å². The van der Waals surface area contributed by atoms with E-state index in [0.29, 0.717) is 18.3 Å². The topological polar surface area (TPSA) is 53.9 Å². The standard InChI is InChI=1S/C15H20FN5/c1-3-8-18-15-19-11-13(16)14(20-15)21(2)10-7-12-6-4-5-9-17-12/h4-6,9,11H,3,7-8,10H2,1-2H3,(H,18,19,20). The zero-order valence-corrected chi connectivity index (χ0v) is 12.4. The van der Waals surface area contributed by atoms with Gasteiger partial charge in [0.05, 0.1) is 6.20 Å². The second-order valence-electron chi connectivity index (χ2n) is 4.78. The molecule has 0 radical (unpaired) electrons. The SMILES string of the molecule is CCCNc1ncc(F)c(N(C)CCc2ccccn2)n1. The second kappa shape index (κ2) is 7.52. The van der Waals surface area contributed by atoms with E-state index >= 15 is 0 Å². The van der Waals surface area contributed by atoms with Crippen LogP contribution in [0.2, 0.25) is 0 Å². The largest absolute Gasteiger partial charge is 0.357 e. The molecular weight excluding hydrogens is 269 g/mol. The Bertz CT molecular complexity index is 561. The molecule has 5 nitrogen and oxygen atoms in total. The summed E-state index contributed by atoms with van der Waals surface area (Å²) in [6, 6.07) is 5.78. The fraction of sp³-hybridized carbons (Fsp3) is 0.400. The number of halogens is 1. The highest BCUT2D eigenvalue weighted by atomic mass is 19.1. The number of nitrogens with one attached hydrogen (secondary N) is 1. The summed E-state index contributed by atoms with van der Waals surface area (Å²) < 4.78 is 13.9. The van der Waals surface area contributed by atoms with E-state index < -0.39 is 5.82 Å². The Hall–Kier alpha value is -2.24. The molecule has 2 aromatic rings. The molecule has 0 unspecified atom stereocenters. The number of rotatable bonds is 7. The fourth-order valence-corrected chi connectivity index (χ4v) is 1.88. The first-order chi connectivity index (χ1) is 10.2. The van der Waals surface area contributed by atoms with Gasteiger partial charge in [-0.05, 0) is 18.6 Å². The quantitative estimate of drug-likeness (QED) is 0.849. The normalized spacial score (nSPS) is 10.4. The maximum absolute atomic E-state index is 13.9. The molecule has 0 aliphatic rings. The van der Waals surface area contributed by atoms with E-state index in [1.165, 1.54) is 6.20 Å². The van der Waals surface area contributed by atoms with Crippen LogP contribution in [-0.4, -0.2) is 35.1 Å². The average Bonchev–Trinajstić information content (AvgIpc) is 2.53. The Morgan fingerprint density at radius 3 is 2.86 bits per heavy atom. The fourth-order valence-electron chi connectivity index (χ4n) is 1.88. The van der Waals surface area contributed by atoms with Crippen LogP contribution in [-0.2, 0) is 6.42 Å². The molecule has 0 fully saturated rings. The van der Waals surface area contributed by atoms with Crippen molar-refractivity contribution in [2.75, 3.05) is 30.4 Å². The van der Waals surface area contributed by atoms with Crippen molar-refractivity contribution in [1.82, 2.24) is 15.0 Å². The van der Waals surface area contributed by atoms with Gasteiger partial charge in [0, 0.05) is 38.4 Å². The third-order valence-corrected chi connectivity index (χ3v) is 3.05. The highest BCUT2D eigenvalue weighted by Gasteiger charge is 2.11. The van der Waals surface area contributed by atoms with Gasteiger partial charge < -0.3 is 10.2 Å². The molecule has 112 valence electrons. The highest BCUT2D eigenvalue weighted by molar-refractivity contribution is 5.43. The van der Waals surface area contributed by atoms with E-state index in [9.17, 15) is 4.39 Å². The van der Waals surface area contributed by atoms with Gasteiger partial charge in [-0.1, -0.05) is 13.0 Å². The van der Waals surface area contributed by atoms with Gasteiger partial charge in [0.15, 0.2) is 11.6 Å². The van der Waals surface area contributed by atoms with E-state index in [1.54, 1.807) is 11.1 Å². The smallest absolute Gasteiger partial charge is 0.224 e. The highest BCUT2D eigenvalue weighted by Crippen LogP contribution is 2.16. The molecule has 1 N–H and O–H groups in total. The van der Waals surface area contributed by atoms with Gasteiger partial charge in [0.25, 0.3) is 0 Å². The molecule has 0 saturated carbocycles. The van der Waals surface area contributed by atoms with Crippen LogP contribution < -0.4 is 10.2 Å². The monoisotopic (exact) mass is 289 g/mol. The first-order valence-corrected chi connectivity index (χ1v) is 7.08. The maximum Gasteiger partial charge on any atom is 0.224 e. The molecule has 0 amide bonds. The van der Waals surface area contributed by atoms with Crippen LogP contribution in [0, 0.1) is 5.82 Å². The van der Waals surface area contributed by atoms with E-state index in [2.05, 4.69) is 27.2 Å². The Morgan fingerprint density at radius 2 is 2.14 bits per heavy atom. The van der Waals surface area contributed by atoms with Crippen molar-refractivity contribution in [3.63, 3.8) is 0 Å². The van der Waals surface area contributed by atoms with Crippen molar-refractivity contribution in [3.05, 3.63) is 42.1 Å². The van der Waals surface area contributed by atoms with Crippen LogP contribution in [0.5, 0.6) is 0 Å². The van der Waals surface area contributed by atoms with Crippen molar-refractivity contribution < 1.29 is 4.39 Å². The van der Waals surface area contributed by atoms with Gasteiger partial charge in [0.2, 0.25) is 5.95 Å². The van der Waals surface area contributed by atoms with Gasteiger partial charge in [-0.2, -0.15) is 4.98 Å². The molecule has 2 aromatic heterocycles. The Kier molecular flexibility index (Phi) is 5.43. The molecule has 0 aliphatic carbocycles. The lowest BCUT2D eigenvalue weighted by molar-refractivity contribution is 0.607. The van der Waals surface area contributed by atoms with Gasteiger partial charge in [-0.25, -0.2) is 9.37 Å².